The van der Waals surface area contributed by atoms with Crippen LogP contribution in [0.2, 0.25) is 0 Å². The highest BCUT2D eigenvalue weighted by atomic mass is 16.5. The molecule has 0 radical (unpaired) electrons. The topological polar surface area (TPSA) is 58.6 Å². The standard InChI is InChI=1S/C26H28N2O3/c1-31-20-26(30)28(19-23-10-6-3-7-11-23)24-14-12-22(13-15-24)18-25(29)27-17-16-21-8-4-2-5-9-21/h2-15H,16-20H2,1H3,(H,27,29). The van der Waals surface area contributed by atoms with Gasteiger partial charge in [0.25, 0.3) is 5.91 Å². The van der Waals surface area contributed by atoms with Crippen molar-refractivity contribution in [3.63, 3.8) is 0 Å². The molecule has 5 nitrogen and oxygen atoms in total. The van der Waals surface area contributed by atoms with E-state index in [1.807, 2.05) is 72.8 Å². The van der Waals surface area contributed by atoms with Gasteiger partial charge in [0.15, 0.2) is 0 Å². The maximum absolute atomic E-state index is 12.6. The van der Waals surface area contributed by atoms with Gasteiger partial charge < -0.3 is 15.0 Å². The predicted octanol–water partition coefficient (Wildman–Crippen LogP) is 3.77. The van der Waals surface area contributed by atoms with E-state index in [-0.39, 0.29) is 18.4 Å². The van der Waals surface area contributed by atoms with Crippen LogP contribution >= 0.6 is 0 Å². The van der Waals surface area contributed by atoms with Gasteiger partial charge in [-0.05, 0) is 35.2 Å². The normalized spacial score (nSPS) is 10.5. The Morgan fingerprint density at radius 3 is 2.03 bits per heavy atom. The number of ether oxygens (including phenoxy) is 1. The number of anilines is 1. The number of rotatable bonds is 10. The third-order valence-electron chi connectivity index (χ3n) is 4.94. The lowest BCUT2D eigenvalue weighted by atomic mass is 10.1. The molecular weight excluding hydrogens is 388 g/mol. The van der Waals surface area contributed by atoms with Crippen LogP contribution in [-0.2, 0) is 33.7 Å². The highest BCUT2D eigenvalue weighted by Gasteiger charge is 2.16. The molecule has 3 aromatic rings. The van der Waals surface area contributed by atoms with E-state index in [2.05, 4.69) is 17.4 Å². The number of nitrogens with one attached hydrogen (secondary N) is 1. The van der Waals surface area contributed by atoms with Crippen LogP contribution in [0.3, 0.4) is 0 Å². The summed E-state index contributed by atoms with van der Waals surface area (Å²) < 4.78 is 5.05. The Morgan fingerprint density at radius 2 is 1.42 bits per heavy atom. The van der Waals surface area contributed by atoms with Gasteiger partial charge in [-0.2, -0.15) is 0 Å². The fourth-order valence-corrected chi connectivity index (χ4v) is 3.32. The van der Waals surface area contributed by atoms with Gasteiger partial charge in [0, 0.05) is 19.3 Å². The number of methoxy groups -OCH3 is 1. The molecule has 0 aromatic heterocycles. The number of nitrogens with zero attached hydrogens (tertiary/aromatic N) is 1. The number of carbonyl (C=O) groups excluding carboxylic acids is 2. The van der Waals surface area contributed by atoms with Crippen molar-refractivity contribution in [3.05, 3.63) is 102 Å². The number of amides is 2. The lowest BCUT2D eigenvalue weighted by molar-refractivity contribution is -0.122. The molecule has 0 heterocycles. The first-order chi connectivity index (χ1) is 15.2. The molecule has 0 unspecified atom stereocenters. The Morgan fingerprint density at radius 1 is 0.806 bits per heavy atom. The Bertz CT molecular complexity index is 957. The zero-order valence-electron chi connectivity index (χ0n) is 17.8. The van der Waals surface area contributed by atoms with Crippen molar-refractivity contribution in [2.45, 2.75) is 19.4 Å². The van der Waals surface area contributed by atoms with Crippen LogP contribution in [0.4, 0.5) is 5.69 Å². The highest BCUT2D eigenvalue weighted by molar-refractivity contribution is 5.94. The van der Waals surface area contributed by atoms with Gasteiger partial charge in [-0.15, -0.1) is 0 Å². The highest BCUT2D eigenvalue weighted by Crippen LogP contribution is 2.19. The van der Waals surface area contributed by atoms with Crippen molar-refractivity contribution in [1.29, 1.82) is 0 Å². The molecular formula is C26H28N2O3. The lowest BCUT2D eigenvalue weighted by Crippen LogP contribution is -2.33. The van der Waals surface area contributed by atoms with Crippen molar-refractivity contribution >= 4 is 17.5 Å². The first-order valence-electron chi connectivity index (χ1n) is 10.4. The third kappa shape index (κ3) is 7.08. The number of carbonyl (C=O) groups is 2. The quantitative estimate of drug-likeness (QED) is 0.547. The minimum Gasteiger partial charge on any atom is -0.375 e. The van der Waals surface area contributed by atoms with E-state index >= 15 is 0 Å². The molecule has 0 saturated carbocycles. The van der Waals surface area contributed by atoms with Crippen molar-refractivity contribution in [2.24, 2.45) is 0 Å². The summed E-state index contributed by atoms with van der Waals surface area (Å²) in [7, 11) is 1.51. The fourth-order valence-electron chi connectivity index (χ4n) is 3.32. The summed E-state index contributed by atoms with van der Waals surface area (Å²) in [6.45, 7) is 1.08. The molecule has 0 aliphatic rings. The number of hydrogen-bond acceptors (Lipinski definition) is 3. The van der Waals surface area contributed by atoms with Crippen LogP contribution in [0.5, 0.6) is 0 Å². The van der Waals surface area contributed by atoms with Gasteiger partial charge in [-0.3, -0.25) is 9.59 Å². The SMILES string of the molecule is COCC(=O)N(Cc1ccccc1)c1ccc(CC(=O)NCCc2ccccc2)cc1. The number of hydrogen-bond donors (Lipinski definition) is 1. The maximum atomic E-state index is 12.6. The minimum atomic E-state index is -0.113. The average Bonchev–Trinajstić information content (AvgIpc) is 2.80. The summed E-state index contributed by atoms with van der Waals surface area (Å²) in [5, 5.41) is 2.96. The van der Waals surface area contributed by atoms with E-state index in [0.717, 1.165) is 23.2 Å². The first kappa shape index (κ1) is 22.2. The van der Waals surface area contributed by atoms with Crippen LogP contribution in [-0.4, -0.2) is 32.1 Å². The summed E-state index contributed by atoms with van der Waals surface area (Å²) >= 11 is 0. The van der Waals surface area contributed by atoms with Gasteiger partial charge in [-0.25, -0.2) is 0 Å². The predicted molar refractivity (Wildman–Crippen MR) is 123 cm³/mol. The molecule has 31 heavy (non-hydrogen) atoms. The Kier molecular flexibility index (Phi) is 8.38. The minimum absolute atomic E-state index is 0.0123. The molecule has 160 valence electrons. The summed E-state index contributed by atoms with van der Waals surface area (Å²) in [5.74, 6) is -0.127. The van der Waals surface area contributed by atoms with Gasteiger partial charge in [-0.1, -0.05) is 72.8 Å². The number of benzene rings is 3. The maximum Gasteiger partial charge on any atom is 0.253 e. The molecule has 0 aliphatic carbocycles. The molecule has 0 atom stereocenters. The molecule has 1 N–H and O–H groups in total. The zero-order chi connectivity index (χ0) is 21.9. The molecule has 0 spiro atoms. The van der Waals surface area contributed by atoms with E-state index < -0.39 is 0 Å². The second-order valence-corrected chi connectivity index (χ2v) is 7.33. The van der Waals surface area contributed by atoms with E-state index in [1.165, 1.54) is 12.7 Å². The van der Waals surface area contributed by atoms with Gasteiger partial charge in [0.05, 0.1) is 13.0 Å². The summed E-state index contributed by atoms with van der Waals surface area (Å²) in [6, 6.07) is 27.5. The van der Waals surface area contributed by atoms with E-state index in [9.17, 15) is 9.59 Å². The molecule has 0 aliphatic heterocycles. The molecule has 3 aromatic carbocycles. The third-order valence-corrected chi connectivity index (χ3v) is 4.94. The summed E-state index contributed by atoms with van der Waals surface area (Å²) in [5.41, 5.74) is 3.92. The average molecular weight is 417 g/mol. The summed E-state index contributed by atoms with van der Waals surface area (Å²) in [6.07, 6.45) is 1.11. The summed E-state index contributed by atoms with van der Waals surface area (Å²) in [4.78, 5) is 26.5. The van der Waals surface area contributed by atoms with Gasteiger partial charge in [0.2, 0.25) is 5.91 Å². The van der Waals surface area contributed by atoms with Crippen molar-refractivity contribution in [3.8, 4) is 0 Å². The Balaban J connectivity index is 1.58. The Hall–Kier alpha value is -3.44. The van der Waals surface area contributed by atoms with Crippen LogP contribution in [0, 0.1) is 0 Å². The first-order valence-corrected chi connectivity index (χ1v) is 10.4. The van der Waals surface area contributed by atoms with E-state index in [4.69, 9.17) is 4.74 Å². The molecule has 0 fully saturated rings. The van der Waals surface area contributed by atoms with Crippen molar-refractivity contribution in [2.75, 3.05) is 25.2 Å². The van der Waals surface area contributed by atoms with E-state index in [1.54, 1.807) is 4.90 Å². The largest absolute Gasteiger partial charge is 0.375 e. The molecule has 0 saturated heterocycles. The van der Waals surface area contributed by atoms with Crippen LogP contribution in [0.15, 0.2) is 84.9 Å². The van der Waals surface area contributed by atoms with Crippen molar-refractivity contribution < 1.29 is 14.3 Å². The van der Waals surface area contributed by atoms with Crippen LogP contribution in [0.25, 0.3) is 0 Å². The molecule has 2 amide bonds. The Labute approximate surface area is 183 Å². The zero-order valence-corrected chi connectivity index (χ0v) is 17.8. The second-order valence-electron chi connectivity index (χ2n) is 7.33. The van der Waals surface area contributed by atoms with Crippen LogP contribution in [0.1, 0.15) is 16.7 Å². The van der Waals surface area contributed by atoms with Gasteiger partial charge >= 0.3 is 0 Å². The van der Waals surface area contributed by atoms with E-state index in [0.29, 0.717) is 19.5 Å². The molecule has 3 rings (SSSR count). The smallest absolute Gasteiger partial charge is 0.253 e. The monoisotopic (exact) mass is 416 g/mol. The fraction of sp³-hybridized carbons (Fsp3) is 0.231. The second kappa shape index (κ2) is 11.7. The van der Waals surface area contributed by atoms with Crippen molar-refractivity contribution in [1.82, 2.24) is 5.32 Å². The molecule has 5 heteroatoms. The lowest BCUT2D eigenvalue weighted by Gasteiger charge is -2.23. The van der Waals surface area contributed by atoms with Crippen LogP contribution < -0.4 is 10.2 Å². The molecule has 0 bridgehead atoms. The van der Waals surface area contributed by atoms with Gasteiger partial charge in [0.1, 0.15) is 6.61 Å².